The molecule has 4 aromatic heterocycles. The number of fused-ring (bicyclic) bond motifs is 1. The highest BCUT2D eigenvalue weighted by Crippen LogP contribution is 2.24. The molecule has 0 aliphatic heterocycles. The fourth-order valence-corrected chi connectivity index (χ4v) is 3.80. The first-order chi connectivity index (χ1) is 15.3. The third kappa shape index (κ3) is 4.21. The second kappa shape index (κ2) is 8.48. The molecular weight excluding hydrogens is 416 g/mol. The smallest absolute Gasteiger partial charge is 0.280 e. The van der Waals surface area contributed by atoms with Crippen molar-refractivity contribution in [1.82, 2.24) is 40.0 Å². The zero-order valence-corrected chi connectivity index (χ0v) is 17.2. The van der Waals surface area contributed by atoms with Crippen LogP contribution in [0.5, 0.6) is 0 Å². The normalized spacial score (nSPS) is 11.2. The molecule has 0 aliphatic rings. The van der Waals surface area contributed by atoms with Crippen molar-refractivity contribution < 1.29 is 9.32 Å². The molecule has 1 amide bonds. The summed E-state index contributed by atoms with van der Waals surface area (Å²) in [6, 6.07) is 11.7. The van der Waals surface area contributed by atoms with Crippen molar-refractivity contribution >= 4 is 28.3 Å². The molecule has 1 aromatic carbocycles. The number of para-hydroxylation sites is 2. The van der Waals surface area contributed by atoms with Gasteiger partial charge in [0.2, 0.25) is 11.7 Å². The number of carbonyl (C=O) groups is 1. The lowest BCUT2D eigenvalue weighted by atomic mass is 10.3. The Bertz CT molecular complexity index is 1300. The number of amides is 1. The summed E-state index contributed by atoms with van der Waals surface area (Å²) in [4.78, 5) is 21.8. The fourth-order valence-electron chi connectivity index (χ4n) is 3.15. The Balaban J connectivity index is 1.11. The lowest BCUT2D eigenvalue weighted by Gasteiger charge is -2.06. The maximum atomic E-state index is 12.2. The number of carbonyl (C=O) groups excluding carboxylic acids is 1. The molecule has 11 heteroatoms. The fraction of sp³-hybridized carbons (Fsp3) is 0.200. The maximum Gasteiger partial charge on any atom is 0.280 e. The van der Waals surface area contributed by atoms with Gasteiger partial charge in [-0.25, -0.2) is 9.67 Å². The molecular formula is C20H18N8O2S. The lowest BCUT2D eigenvalue weighted by Crippen LogP contribution is -2.28. The summed E-state index contributed by atoms with van der Waals surface area (Å²) in [5, 5.41) is 17.0. The van der Waals surface area contributed by atoms with Crippen molar-refractivity contribution in [2.75, 3.05) is 6.54 Å². The van der Waals surface area contributed by atoms with E-state index in [4.69, 9.17) is 4.52 Å². The van der Waals surface area contributed by atoms with Crippen LogP contribution in [0, 0.1) is 0 Å². The molecule has 5 aromatic rings. The summed E-state index contributed by atoms with van der Waals surface area (Å²) < 4.78 is 8.89. The van der Waals surface area contributed by atoms with Crippen molar-refractivity contribution in [3.8, 4) is 22.3 Å². The van der Waals surface area contributed by atoms with Gasteiger partial charge in [0.15, 0.2) is 5.69 Å². The molecule has 0 radical (unpaired) electrons. The number of aryl methyl sites for hydroxylation is 1. The van der Waals surface area contributed by atoms with Crippen molar-refractivity contribution in [2.45, 2.75) is 19.5 Å². The molecule has 10 nitrogen and oxygen atoms in total. The SMILES string of the molecule is O=C(CCn1cnc2ccccc21)NCCn1cc(-c2nc(-c3cccs3)no2)nn1. The van der Waals surface area contributed by atoms with Gasteiger partial charge in [-0.3, -0.25) is 4.79 Å². The Kier molecular flexibility index (Phi) is 5.23. The Morgan fingerprint density at radius 2 is 2.10 bits per heavy atom. The van der Waals surface area contributed by atoms with Crippen molar-refractivity contribution in [3.63, 3.8) is 0 Å². The zero-order chi connectivity index (χ0) is 21.0. The number of thiophene rings is 1. The van der Waals surface area contributed by atoms with Gasteiger partial charge >= 0.3 is 0 Å². The Morgan fingerprint density at radius 3 is 3.00 bits per heavy atom. The van der Waals surface area contributed by atoms with Gasteiger partial charge in [0.1, 0.15) is 0 Å². The molecule has 1 N–H and O–H groups in total. The Morgan fingerprint density at radius 1 is 1.16 bits per heavy atom. The van der Waals surface area contributed by atoms with Gasteiger partial charge < -0.3 is 14.4 Å². The lowest BCUT2D eigenvalue weighted by molar-refractivity contribution is -0.121. The standard InChI is InChI=1S/C20H18N8O2S/c29-18(7-9-27-13-22-14-4-1-2-5-16(14)27)21-8-10-28-12-15(24-26-28)20-23-19(25-30-20)17-6-3-11-31-17/h1-6,11-13H,7-10H2,(H,21,29). The minimum atomic E-state index is -0.0318. The van der Waals surface area contributed by atoms with Crippen molar-refractivity contribution in [3.05, 3.63) is 54.3 Å². The molecule has 156 valence electrons. The van der Waals surface area contributed by atoms with Crippen LogP contribution >= 0.6 is 11.3 Å². The number of nitrogens with zero attached hydrogens (tertiary/aromatic N) is 7. The topological polar surface area (TPSA) is 117 Å². The highest BCUT2D eigenvalue weighted by molar-refractivity contribution is 7.13. The van der Waals surface area contributed by atoms with E-state index in [-0.39, 0.29) is 5.91 Å². The van der Waals surface area contributed by atoms with E-state index in [2.05, 4.69) is 30.8 Å². The number of rotatable bonds is 8. The van der Waals surface area contributed by atoms with Gasteiger partial charge in [-0.15, -0.1) is 16.4 Å². The summed E-state index contributed by atoms with van der Waals surface area (Å²) in [5.41, 5.74) is 2.44. The number of aromatic nitrogens is 7. The quantitative estimate of drug-likeness (QED) is 0.399. The Labute approximate surface area is 180 Å². The average Bonchev–Trinajstić information content (AvgIpc) is 3.58. The first-order valence-corrected chi connectivity index (χ1v) is 10.6. The minimum Gasteiger partial charge on any atom is -0.354 e. The van der Waals surface area contributed by atoms with Crippen LogP contribution in [0.2, 0.25) is 0 Å². The van der Waals surface area contributed by atoms with Crippen LogP contribution in [0.15, 0.2) is 58.8 Å². The van der Waals surface area contributed by atoms with Gasteiger partial charge in [-0.1, -0.05) is 28.6 Å². The number of hydrogen-bond donors (Lipinski definition) is 1. The van der Waals surface area contributed by atoms with Crippen LogP contribution < -0.4 is 5.32 Å². The van der Waals surface area contributed by atoms with E-state index in [9.17, 15) is 4.79 Å². The van der Waals surface area contributed by atoms with Crippen LogP contribution in [0.1, 0.15) is 6.42 Å². The second-order valence-electron chi connectivity index (χ2n) is 6.79. The van der Waals surface area contributed by atoms with Gasteiger partial charge in [0, 0.05) is 19.5 Å². The largest absolute Gasteiger partial charge is 0.354 e. The molecule has 0 saturated carbocycles. The predicted octanol–water partition coefficient (Wildman–Crippen LogP) is 2.61. The third-order valence-electron chi connectivity index (χ3n) is 4.70. The van der Waals surface area contributed by atoms with E-state index in [0.29, 0.717) is 43.5 Å². The van der Waals surface area contributed by atoms with Crippen LogP contribution in [-0.4, -0.2) is 47.1 Å². The predicted molar refractivity (Wildman–Crippen MR) is 114 cm³/mol. The summed E-state index contributed by atoms with van der Waals surface area (Å²) in [5.74, 6) is 0.805. The van der Waals surface area contributed by atoms with Crippen LogP contribution in [0.25, 0.3) is 33.3 Å². The molecule has 31 heavy (non-hydrogen) atoms. The summed E-state index contributed by atoms with van der Waals surface area (Å²) in [6.07, 6.45) is 3.85. The second-order valence-corrected chi connectivity index (χ2v) is 7.74. The summed E-state index contributed by atoms with van der Waals surface area (Å²) >= 11 is 1.54. The minimum absolute atomic E-state index is 0.0318. The van der Waals surface area contributed by atoms with E-state index < -0.39 is 0 Å². The molecule has 0 unspecified atom stereocenters. The number of imidazole rings is 1. The van der Waals surface area contributed by atoms with Crippen molar-refractivity contribution in [2.24, 2.45) is 0 Å². The maximum absolute atomic E-state index is 12.2. The zero-order valence-electron chi connectivity index (χ0n) is 16.4. The summed E-state index contributed by atoms with van der Waals surface area (Å²) in [7, 11) is 0. The number of hydrogen-bond acceptors (Lipinski definition) is 8. The van der Waals surface area contributed by atoms with Gasteiger partial charge in [0.05, 0.1) is 35.0 Å². The number of nitrogens with one attached hydrogen (secondary N) is 1. The molecule has 4 heterocycles. The van der Waals surface area contributed by atoms with Gasteiger partial charge in [-0.2, -0.15) is 4.98 Å². The van der Waals surface area contributed by atoms with E-state index in [1.54, 1.807) is 17.2 Å². The third-order valence-corrected chi connectivity index (χ3v) is 5.56. The molecule has 0 aliphatic carbocycles. The highest BCUT2D eigenvalue weighted by atomic mass is 32.1. The Hall–Kier alpha value is -3.86. The van der Waals surface area contributed by atoms with Crippen LogP contribution in [0.4, 0.5) is 0 Å². The first kappa shape index (κ1) is 19.1. The first-order valence-electron chi connectivity index (χ1n) is 9.71. The van der Waals surface area contributed by atoms with E-state index in [1.165, 1.54) is 11.3 Å². The molecule has 0 bridgehead atoms. The van der Waals surface area contributed by atoms with E-state index in [0.717, 1.165) is 15.9 Å². The van der Waals surface area contributed by atoms with E-state index in [1.807, 2.05) is 46.3 Å². The average molecular weight is 434 g/mol. The van der Waals surface area contributed by atoms with Crippen LogP contribution in [-0.2, 0) is 17.9 Å². The highest BCUT2D eigenvalue weighted by Gasteiger charge is 2.14. The molecule has 0 atom stereocenters. The molecule has 0 spiro atoms. The van der Waals surface area contributed by atoms with Gasteiger partial charge in [0.25, 0.3) is 5.89 Å². The monoisotopic (exact) mass is 434 g/mol. The molecule has 0 fully saturated rings. The summed E-state index contributed by atoms with van der Waals surface area (Å²) in [6.45, 7) is 1.50. The van der Waals surface area contributed by atoms with E-state index >= 15 is 0 Å². The van der Waals surface area contributed by atoms with Crippen LogP contribution in [0.3, 0.4) is 0 Å². The number of benzene rings is 1. The van der Waals surface area contributed by atoms with Crippen molar-refractivity contribution in [1.29, 1.82) is 0 Å². The van der Waals surface area contributed by atoms with Gasteiger partial charge in [-0.05, 0) is 23.6 Å². The molecule has 0 saturated heterocycles. The molecule has 5 rings (SSSR count).